The van der Waals surface area contributed by atoms with Crippen LogP contribution >= 0.6 is 0 Å². The first-order valence-electron chi connectivity index (χ1n) is 3.81. The highest BCUT2D eigenvalue weighted by atomic mass is 16.1. The summed E-state index contributed by atoms with van der Waals surface area (Å²) in [4.78, 5) is 18.7. The number of hydrogen-bond acceptors (Lipinski definition) is 3. The number of nitrogens with zero attached hydrogens (tertiary/aromatic N) is 2. The molecular weight excluding hydrogens is 166 g/mol. The molecule has 0 atom stereocenters. The number of aromatic nitrogens is 2. The van der Waals surface area contributed by atoms with E-state index in [1.54, 1.807) is 0 Å². The summed E-state index contributed by atoms with van der Waals surface area (Å²) in [5.74, 6) is 2.23. The molecule has 0 radical (unpaired) electrons. The maximum Gasteiger partial charge on any atom is 0.254 e. The highest BCUT2D eigenvalue weighted by molar-refractivity contribution is 5.93. The summed E-state index contributed by atoms with van der Waals surface area (Å²) in [7, 11) is 0. The third-order valence-electron chi connectivity index (χ3n) is 1.38. The van der Waals surface area contributed by atoms with Gasteiger partial charge in [0, 0.05) is 25.4 Å². The monoisotopic (exact) mass is 175 g/mol. The van der Waals surface area contributed by atoms with Crippen LogP contribution < -0.4 is 5.32 Å². The molecule has 4 nitrogen and oxygen atoms in total. The molecule has 1 rings (SSSR count). The van der Waals surface area contributed by atoms with Crippen LogP contribution in [0.15, 0.2) is 18.7 Å². The second-order valence-corrected chi connectivity index (χ2v) is 2.34. The Morgan fingerprint density at radius 2 is 2.23 bits per heavy atom. The molecule has 1 amide bonds. The van der Waals surface area contributed by atoms with E-state index in [-0.39, 0.29) is 5.91 Å². The smallest absolute Gasteiger partial charge is 0.254 e. The molecule has 0 fully saturated rings. The summed E-state index contributed by atoms with van der Waals surface area (Å²) in [6.07, 6.45) is 9.84. The van der Waals surface area contributed by atoms with Crippen molar-refractivity contribution in [2.24, 2.45) is 0 Å². The van der Waals surface area contributed by atoms with Gasteiger partial charge in [0.05, 0.1) is 5.56 Å². The lowest BCUT2D eigenvalue weighted by Crippen LogP contribution is -2.24. The molecule has 66 valence electrons. The SMILES string of the molecule is C#CCCNC(=O)c1cncnc1. The van der Waals surface area contributed by atoms with E-state index in [0.29, 0.717) is 18.5 Å². The first-order chi connectivity index (χ1) is 6.34. The molecule has 0 saturated carbocycles. The maximum absolute atomic E-state index is 11.3. The highest BCUT2D eigenvalue weighted by Gasteiger charge is 2.02. The first-order valence-corrected chi connectivity index (χ1v) is 3.81. The fourth-order valence-electron chi connectivity index (χ4n) is 0.767. The van der Waals surface area contributed by atoms with Crippen LogP contribution in [-0.4, -0.2) is 22.4 Å². The average Bonchev–Trinajstić information content (AvgIpc) is 2.19. The van der Waals surface area contributed by atoms with Gasteiger partial charge in [-0.05, 0) is 0 Å². The van der Waals surface area contributed by atoms with Crippen LogP contribution in [0.5, 0.6) is 0 Å². The molecule has 0 aliphatic heterocycles. The van der Waals surface area contributed by atoms with Crippen LogP contribution in [-0.2, 0) is 0 Å². The third-order valence-corrected chi connectivity index (χ3v) is 1.38. The van der Waals surface area contributed by atoms with Crippen molar-refractivity contribution < 1.29 is 4.79 Å². The van der Waals surface area contributed by atoms with Gasteiger partial charge in [0.15, 0.2) is 0 Å². The quantitative estimate of drug-likeness (QED) is 0.528. The van der Waals surface area contributed by atoms with Crippen LogP contribution in [0.2, 0.25) is 0 Å². The van der Waals surface area contributed by atoms with Crippen molar-refractivity contribution in [3.05, 3.63) is 24.3 Å². The molecule has 1 aromatic heterocycles. The summed E-state index contributed by atoms with van der Waals surface area (Å²) in [5, 5.41) is 2.64. The van der Waals surface area contributed by atoms with Gasteiger partial charge in [-0.2, -0.15) is 0 Å². The molecule has 1 aromatic rings. The van der Waals surface area contributed by atoms with Crippen LogP contribution in [0.4, 0.5) is 0 Å². The minimum atomic E-state index is -0.198. The minimum absolute atomic E-state index is 0.198. The number of rotatable bonds is 3. The van der Waals surface area contributed by atoms with E-state index in [2.05, 4.69) is 21.2 Å². The summed E-state index contributed by atoms with van der Waals surface area (Å²) < 4.78 is 0. The molecule has 1 N–H and O–H groups in total. The van der Waals surface area contributed by atoms with E-state index in [9.17, 15) is 4.79 Å². The van der Waals surface area contributed by atoms with Crippen molar-refractivity contribution in [1.29, 1.82) is 0 Å². The molecule has 0 aliphatic rings. The molecule has 0 saturated heterocycles. The van der Waals surface area contributed by atoms with Crippen LogP contribution in [0.3, 0.4) is 0 Å². The zero-order valence-corrected chi connectivity index (χ0v) is 7.03. The Morgan fingerprint density at radius 3 is 2.85 bits per heavy atom. The van der Waals surface area contributed by atoms with E-state index in [1.165, 1.54) is 18.7 Å². The molecule has 13 heavy (non-hydrogen) atoms. The molecule has 0 bridgehead atoms. The van der Waals surface area contributed by atoms with E-state index in [4.69, 9.17) is 6.42 Å². The largest absolute Gasteiger partial charge is 0.351 e. The van der Waals surface area contributed by atoms with E-state index in [0.717, 1.165) is 0 Å². The Kier molecular flexibility index (Phi) is 3.45. The standard InChI is InChI=1S/C9H9N3O/c1-2-3-4-12-9(13)8-5-10-7-11-6-8/h1,5-7H,3-4H2,(H,12,13). The van der Waals surface area contributed by atoms with E-state index in [1.807, 2.05) is 0 Å². The van der Waals surface area contributed by atoms with Gasteiger partial charge in [-0.3, -0.25) is 4.79 Å². The lowest BCUT2D eigenvalue weighted by Gasteiger charge is -2.00. The zero-order valence-electron chi connectivity index (χ0n) is 7.03. The lowest BCUT2D eigenvalue weighted by molar-refractivity contribution is 0.0954. The van der Waals surface area contributed by atoms with Gasteiger partial charge in [-0.15, -0.1) is 12.3 Å². The van der Waals surface area contributed by atoms with Gasteiger partial charge in [-0.25, -0.2) is 9.97 Å². The number of carbonyl (C=O) groups is 1. The predicted molar refractivity (Wildman–Crippen MR) is 47.8 cm³/mol. The summed E-state index contributed by atoms with van der Waals surface area (Å²) in [5.41, 5.74) is 0.444. The molecular formula is C9H9N3O. The number of hydrogen-bond donors (Lipinski definition) is 1. The number of amides is 1. The van der Waals surface area contributed by atoms with Gasteiger partial charge in [0.25, 0.3) is 5.91 Å². The zero-order chi connectivity index (χ0) is 9.52. The summed E-state index contributed by atoms with van der Waals surface area (Å²) >= 11 is 0. The Bertz CT molecular complexity index is 315. The van der Waals surface area contributed by atoms with Crippen LogP contribution in [0, 0.1) is 12.3 Å². The van der Waals surface area contributed by atoms with Gasteiger partial charge < -0.3 is 5.32 Å². The molecule has 1 heterocycles. The van der Waals surface area contributed by atoms with Gasteiger partial charge >= 0.3 is 0 Å². The van der Waals surface area contributed by atoms with Crippen molar-refractivity contribution in [3.8, 4) is 12.3 Å². The van der Waals surface area contributed by atoms with Crippen molar-refractivity contribution in [1.82, 2.24) is 15.3 Å². The van der Waals surface area contributed by atoms with Gasteiger partial charge in [-0.1, -0.05) is 0 Å². The number of carbonyl (C=O) groups excluding carboxylic acids is 1. The van der Waals surface area contributed by atoms with Crippen LogP contribution in [0.1, 0.15) is 16.8 Å². The summed E-state index contributed by atoms with van der Waals surface area (Å²) in [6, 6.07) is 0. The number of nitrogens with one attached hydrogen (secondary N) is 1. The third kappa shape index (κ3) is 2.91. The minimum Gasteiger partial charge on any atom is -0.351 e. The summed E-state index contributed by atoms with van der Waals surface area (Å²) in [6.45, 7) is 0.476. The first kappa shape index (κ1) is 9.20. The van der Waals surface area contributed by atoms with Crippen LogP contribution in [0.25, 0.3) is 0 Å². The van der Waals surface area contributed by atoms with Gasteiger partial charge in [0.2, 0.25) is 0 Å². The fraction of sp³-hybridized carbons (Fsp3) is 0.222. The Hall–Kier alpha value is -1.89. The molecule has 0 aliphatic carbocycles. The van der Waals surface area contributed by atoms with Crippen molar-refractivity contribution in [3.63, 3.8) is 0 Å². The second-order valence-electron chi connectivity index (χ2n) is 2.34. The Morgan fingerprint density at radius 1 is 1.54 bits per heavy atom. The highest BCUT2D eigenvalue weighted by Crippen LogP contribution is 1.91. The average molecular weight is 175 g/mol. The molecule has 0 aromatic carbocycles. The van der Waals surface area contributed by atoms with Crippen molar-refractivity contribution in [2.75, 3.05) is 6.54 Å². The second kappa shape index (κ2) is 4.88. The van der Waals surface area contributed by atoms with Gasteiger partial charge in [0.1, 0.15) is 6.33 Å². The predicted octanol–water partition coefficient (Wildman–Crippen LogP) is 0.230. The van der Waals surface area contributed by atoms with E-state index >= 15 is 0 Å². The molecule has 0 unspecified atom stereocenters. The Balaban J connectivity index is 2.46. The molecule has 0 spiro atoms. The van der Waals surface area contributed by atoms with E-state index < -0.39 is 0 Å². The maximum atomic E-state index is 11.3. The topological polar surface area (TPSA) is 54.9 Å². The normalized spacial score (nSPS) is 8.85. The van der Waals surface area contributed by atoms with Crippen molar-refractivity contribution >= 4 is 5.91 Å². The fourth-order valence-corrected chi connectivity index (χ4v) is 0.767. The lowest BCUT2D eigenvalue weighted by atomic mass is 10.3. The van der Waals surface area contributed by atoms with Crippen molar-refractivity contribution in [2.45, 2.75) is 6.42 Å². The Labute approximate surface area is 76.4 Å². The number of terminal acetylenes is 1. The molecule has 4 heteroatoms.